The van der Waals surface area contributed by atoms with Crippen LogP contribution in [0.25, 0.3) is 0 Å². The largest absolute Gasteiger partial charge is 0.325 e. The van der Waals surface area contributed by atoms with Gasteiger partial charge >= 0.3 is 0 Å². The van der Waals surface area contributed by atoms with E-state index < -0.39 is 0 Å². The van der Waals surface area contributed by atoms with Crippen LogP contribution in [0, 0.1) is 17.8 Å². The van der Waals surface area contributed by atoms with Gasteiger partial charge in [-0.1, -0.05) is 66.2 Å². The lowest BCUT2D eigenvalue weighted by Crippen LogP contribution is -2.46. The molecule has 1 heteroatoms. The fourth-order valence-corrected chi connectivity index (χ4v) is 3.72. The van der Waals surface area contributed by atoms with E-state index in [-0.39, 0.29) is 5.54 Å². The Labute approximate surface area is 115 Å². The van der Waals surface area contributed by atoms with E-state index in [9.17, 15) is 0 Å². The maximum absolute atomic E-state index is 6.74. The van der Waals surface area contributed by atoms with Crippen LogP contribution in [-0.2, 0) is 0 Å². The lowest BCUT2D eigenvalue weighted by atomic mass is 9.68. The van der Waals surface area contributed by atoms with Gasteiger partial charge in [0, 0.05) is 5.54 Å². The molecule has 0 radical (unpaired) electrons. The van der Waals surface area contributed by atoms with Gasteiger partial charge in [0.25, 0.3) is 0 Å². The third kappa shape index (κ3) is 4.91. The highest BCUT2D eigenvalue weighted by Crippen LogP contribution is 2.39. The Morgan fingerprint density at radius 1 is 1.28 bits per heavy atom. The van der Waals surface area contributed by atoms with Crippen molar-refractivity contribution in [2.24, 2.45) is 23.5 Å². The summed E-state index contributed by atoms with van der Waals surface area (Å²) in [6.45, 7) is 9.36. The number of hydrogen-bond acceptors (Lipinski definition) is 1. The van der Waals surface area contributed by atoms with E-state index in [1.807, 2.05) is 0 Å². The second-order valence-corrected chi connectivity index (χ2v) is 7.08. The predicted molar refractivity (Wildman–Crippen MR) is 81.6 cm³/mol. The number of rotatable bonds is 7. The van der Waals surface area contributed by atoms with Gasteiger partial charge in [-0.25, -0.2) is 0 Å². The van der Waals surface area contributed by atoms with E-state index in [1.54, 1.807) is 0 Å². The quantitative estimate of drug-likeness (QED) is 0.668. The smallest absolute Gasteiger partial charge is 0.0159 e. The van der Waals surface area contributed by atoms with Crippen molar-refractivity contribution in [1.82, 2.24) is 0 Å². The third-order valence-corrected chi connectivity index (χ3v) is 5.10. The van der Waals surface area contributed by atoms with Crippen LogP contribution in [0.1, 0.15) is 85.5 Å². The first-order valence-electron chi connectivity index (χ1n) is 8.29. The normalized spacial score (nSPS) is 30.7. The Hall–Kier alpha value is -0.0400. The lowest BCUT2D eigenvalue weighted by Gasteiger charge is -2.41. The Bertz CT molecular complexity index is 224. The molecular formula is C17H35N. The fraction of sp³-hybridized carbons (Fsp3) is 1.00. The van der Waals surface area contributed by atoms with Crippen molar-refractivity contribution in [3.05, 3.63) is 0 Å². The molecule has 18 heavy (non-hydrogen) atoms. The van der Waals surface area contributed by atoms with Crippen LogP contribution in [-0.4, -0.2) is 5.54 Å². The first-order valence-corrected chi connectivity index (χ1v) is 8.29. The SMILES string of the molecule is CCCCC(CC)CC1(N)CCCC(C(C)C)C1. The van der Waals surface area contributed by atoms with Crippen LogP contribution in [0.3, 0.4) is 0 Å². The first-order chi connectivity index (χ1) is 8.50. The summed E-state index contributed by atoms with van der Waals surface area (Å²) < 4.78 is 0. The van der Waals surface area contributed by atoms with E-state index >= 15 is 0 Å². The molecule has 1 fully saturated rings. The van der Waals surface area contributed by atoms with Gasteiger partial charge < -0.3 is 5.73 Å². The van der Waals surface area contributed by atoms with Crippen LogP contribution in [0.5, 0.6) is 0 Å². The first kappa shape index (κ1) is 16.0. The molecule has 3 atom stereocenters. The highest BCUT2D eigenvalue weighted by atomic mass is 14.8. The molecule has 0 aromatic carbocycles. The van der Waals surface area contributed by atoms with E-state index in [4.69, 9.17) is 5.73 Å². The molecule has 0 spiro atoms. The van der Waals surface area contributed by atoms with Gasteiger partial charge in [-0.2, -0.15) is 0 Å². The molecule has 0 bridgehead atoms. The maximum atomic E-state index is 6.74. The maximum Gasteiger partial charge on any atom is 0.0159 e. The predicted octanol–water partition coefficient (Wildman–Crippen LogP) is 5.14. The molecule has 0 amide bonds. The van der Waals surface area contributed by atoms with Crippen molar-refractivity contribution < 1.29 is 0 Å². The third-order valence-electron chi connectivity index (χ3n) is 5.10. The van der Waals surface area contributed by atoms with Gasteiger partial charge in [0.1, 0.15) is 0 Å². The Kier molecular flexibility index (Phi) is 6.70. The van der Waals surface area contributed by atoms with E-state index in [0.29, 0.717) is 0 Å². The minimum atomic E-state index is 0.154. The van der Waals surface area contributed by atoms with Gasteiger partial charge in [0.2, 0.25) is 0 Å². The zero-order valence-corrected chi connectivity index (χ0v) is 13.2. The summed E-state index contributed by atoms with van der Waals surface area (Å²) in [5.74, 6) is 2.54. The second kappa shape index (κ2) is 7.53. The van der Waals surface area contributed by atoms with Crippen molar-refractivity contribution in [2.75, 3.05) is 0 Å². The van der Waals surface area contributed by atoms with Crippen LogP contribution in [0.2, 0.25) is 0 Å². The van der Waals surface area contributed by atoms with Crippen molar-refractivity contribution in [2.45, 2.75) is 91.0 Å². The minimum absolute atomic E-state index is 0.154. The van der Waals surface area contributed by atoms with E-state index in [1.165, 1.54) is 57.8 Å². The monoisotopic (exact) mass is 253 g/mol. The molecule has 0 saturated heterocycles. The standard InChI is InChI=1S/C17H35N/c1-5-7-9-15(6-2)12-17(18)11-8-10-16(13-17)14(3)4/h14-16H,5-13,18H2,1-4H3. The highest BCUT2D eigenvalue weighted by molar-refractivity contribution is 4.92. The number of unbranched alkanes of at least 4 members (excludes halogenated alkanes) is 1. The average molecular weight is 253 g/mol. The van der Waals surface area contributed by atoms with Crippen LogP contribution >= 0.6 is 0 Å². The lowest BCUT2D eigenvalue weighted by molar-refractivity contribution is 0.151. The van der Waals surface area contributed by atoms with Crippen molar-refractivity contribution in [1.29, 1.82) is 0 Å². The van der Waals surface area contributed by atoms with E-state index in [0.717, 1.165) is 17.8 Å². The molecule has 0 heterocycles. The zero-order valence-electron chi connectivity index (χ0n) is 13.2. The zero-order chi connectivity index (χ0) is 13.6. The second-order valence-electron chi connectivity index (χ2n) is 7.08. The van der Waals surface area contributed by atoms with Gasteiger partial charge in [0.15, 0.2) is 0 Å². The van der Waals surface area contributed by atoms with Crippen LogP contribution < -0.4 is 5.73 Å². The number of nitrogens with two attached hydrogens (primary N) is 1. The fourth-order valence-electron chi connectivity index (χ4n) is 3.72. The molecular weight excluding hydrogens is 218 g/mol. The minimum Gasteiger partial charge on any atom is -0.325 e. The molecule has 1 aliphatic rings. The molecule has 1 saturated carbocycles. The Morgan fingerprint density at radius 3 is 2.56 bits per heavy atom. The van der Waals surface area contributed by atoms with Gasteiger partial charge in [-0.3, -0.25) is 0 Å². The summed E-state index contributed by atoms with van der Waals surface area (Å²) in [6.07, 6.45) is 12.0. The molecule has 1 aliphatic carbocycles. The summed E-state index contributed by atoms with van der Waals surface area (Å²) in [5, 5.41) is 0. The molecule has 1 nitrogen and oxygen atoms in total. The van der Waals surface area contributed by atoms with Crippen LogP contribution in [0.15, 0.2) is 0 Å². The molecule has 3 unspecified atom stereocenters. The number of hydrogen-bond donors (Lipinski definition) is 1. The van der Waals surface area contributed by atoms with Gasteiger partial charge in [0.05, 0.1) is 0 Å². The van der Waals surface area contributed by atoms with Gasteiger partial charge in [-0.15, -0.1) is 0 Å². The molecule has 1 rings (SSSR count). The summed E-state index contributed by atoms with van der Waals surface area (Å²) in [5.41, 5.74) is 6.89. The molecule has 0 aromatic heterocycles. The van der Waals surface area contributed by atoms with Crippen LogP contribution in [0.4, 0.5) is 0 Å². The van der Waals surface area contributed by atoms with Gasteiger partial charge in [-0.05, 0) is 37.0 Å². The van der Waals surface area contributed by atoms with E-state index in [2.05, 4.69) is 27.7 Å². The van der Waals surface area contributed by atoms with Crippen molar-refractivity contribution >= 4 is 0 Å². The highest BCUT2D eigenvalue weighted by Gasteiger charge is 2.35. The Morgan fingerprint density at radius 2 is 2.00 bits per heavy atom. The summed E-state index contributed by atoms with van der Waals surface area (Å²) in [7, 11) is 0. The molecule has 108 valence electrons. The molecule has 2 N–H and O–H groups in total. The summed E-state index contributed by atoms with van der Waals surface area (Å²) in [6, 6.07) is 0. The van der Waals surface area contributed by atoms with Crippen molar-refractivity contribution in [3.8, 4) is 0 Å². The van der Waals surface area contributed by atoms with Crippen molar-refractivity contribution in [3.63, 3.8) is 0 Å². The Balaban J connectivity index is 2.51. The average Bonchev–Trinajstić information content (AvgIpc) is 2.34. The molecule has 0 aliphatic heterocycles. The summed E-state index contributed by atoms with van der Waals surface area (Å²) >= 11 is 0. The summed E-state index contributed by atoms with van der Waals surface area (Å²) in [4.78, 5) is 0. The topological polar surface area (TPSA) is 26.0 Å². The molecule has 0 aromatic rings.